The lowest BCUT2D eigenvalue weighted by Gasteiger charge is -2.47. The summed E-state index contributed by atoms with van der Waals surface area (Å²) in [6.07, 6.45) is 6.05. The molecule has 0 radical (unpaired) electrons. The summed E-state index contributed by atoms with van der Waals surface area (Å²) < 4.78 is 4.54. The Kier molecular flexibility index (Phi) is 5.82. The number of rotatable bonds is 4. The molecule has 0 unspecified atom stereocenters. The van der Waals surface area contributed by atoms with Gasteiger partial charge in [-0.25, -0.2) is 0 Å². The van der Waals surface area contributed by atoms with Crippen molar-refractivity contribution in [2.24, 2.45) is 10.8 Å². The van der Waals surface area contributed by atoms with Crippen molar-refractivity contribution in [3.05, 3.63) is 0 Å². The van der Waals surface area contributed by atoms with E-state index in [-0.39, 0.29) is 23.0 Å². The lowest BCUT2D eigenvalue weighted by molar-refractivity contribution is -0.148. The first-order chi connectivity index (χ1) is 12.4. The summed E-state index contributed by atoms with van der Waals surface area (Å²) in [5.74, 6) is 0.118. The number of esters is 1. The van der Waals surface area contributed by atoms with Gasteiger partial charge in [0, 0.05) is 10.8 Å². The molecule has 6 saturated heterocycles. The van der Waals surface area contributed by atoms with Crippen molar-refractivity contribution in [3.63, 3.8) is 0 Å². The van der Waals surface area contributed by atoms with Crippen LogP contribution < -0.4 is 0 Å². The molecule has 26 heavy (non-hydrogen) atoms. The van der Waals surface area contributed by atoms with E-state index in [1.54, 1.807) is 6.92 Å². The van der Waals surface area contributed by atoms with Gasteiger partial charge in [-0.2, -0.15) is 0 Å². The Morgan fingerprint density at radius 3 is 1.46 bits per heavy atom. The first kappa shape index (κ1) is 19.5. The minimum atomic E-state index is -0.401. The second-order valence-electron chi connectivity index (χ2n) is 8.48. The van der Waals surface area contributed by atoms with Crippen molar-refractivity contribution in [3.8, 4) is 0 Å². The molecule has 0 aromatic carbocycles. The van der Waals surface area contributed by atoms with Crippen LogP contribution in [0.25, 0.3) is 0 Å². The average Bonchev–Trinajstić information content (AvgIpc) is 2.71. The maximum atomic E-state index is 12.0. The zero-order chi connectivity index (χ0) is 18.8. The zero-order valence-electron chi connectivity index (χ0n) is 16.2. The Balaban J connectivity index is 0.000000158. The molecule has 0 amide bonds. The molecule has 6 heterocycles. The van der Waals surface area contributed by atoms with Crippen LogP contribution in [0.5, 0.6) is 0 Å². The fourth-order valence-corrected chi connectivity index (χ4v) is 4.99. The molecule has 6 aliphatic heterocycles. The fourth-order valence-electron chi connectivity index (χ4n) is 4.99. The molecule has 0 saturated carbocycles. The number of methoxy groups -OCH3 is 1. The van der Waals surface area contributed by atoms with Gasteiger partial charge in [0.05, 0.1) is 7.11 Å². The number of hydrogen-bond acceptors (Lipinski definition) is 6. The number of ketones is 2. The monoisotopic (exact) mass is 364 g/mol. The van der Waals surface area contributed by atoms with Gasteiger partial charge in [0.1, 0.15) is 18.0 Å². The highest BCUT2D eigenvalue weighted by atomic mass is 16.5. The number of carbonyl (C=O) groups excluding carboxylic acids is 3. The predicted octanol–water partition coefficient (Wildman–Crippen LogP) is 1.67. The SMILES string of the molecule is CC(=O)C12CCN(CC1)CC2.COC(=O)CC(=O)C12CCN(CC1)CC2. The van der Waals surface area contributed by atoms with E-state index in [4.69, 9.17) is 0 Å². The van der Waals surface area contributed by atoms with E-state index in [2.05, 4.69) is 14.5 Å². The normalized spacial score (nSPS) is 37.5. The maximum Gasteiger partial charge on any atom is 0.313 e. The first-order valence-corrected chi connectivity index (χ1v) is 9.95. The standard InChI is InChI=1S/C11H17NO3.C9H15NO/c1-15-10(14)8-9(13)11-2-5-12(6-3-11)7-4-11;1-8(11)9-2-5-10(6-3-9)7-4-9/h2-8H2,1H3;2-7H2,1H3. The Bertz CT molecular complexity index is 531. The van der Waals surface area contributed by atoms with Crippen LogP contribution in [0.3, 0.4) is 0 Å². The number of hydrogen-bond donors (Lipinski definition) is 0. The minimum Gasteiger partial charge on any atom is -0.469 e. The second kappa shape index (κ2) is 7.77. The van der Waals surface area contributed by atoms with Crippen LogP contribution in [0, 0.1) is 10.8 Å². The van der Waals surface area contributed by atoms with Crippen molar-refractivity contribution in [1.82, 2.24) is 9.80 Å². The van der Waals surface area contributed by atoms with Gasteiger partial charge in [0.2, 0.25) is 0 Å². The summed E-state index contributed by atoms with van der Waals surface area (Å²) in [6, 6.07) is 0. The summed E-state index contributed by atoms with van der Waals surface area (Å²) in [5.41, 5.74) is -0.0995. The molecule has 4 bridgehead atoms. The summed E-state index contributed by atoms with van der Waals surface area (Å²) >= 11 is 0. The minimum absolute atomic E-state index is 0.0451. The van der Waals surface area contributed by atoms with Gasteiger partial charge in [-0.1, -0.05) is 0 Å². The van der Waals surface area contributed by atoms with E-state index in [9.17, 15) is 14.4 Å². The maximum absolute atomic E-state index is 12.0. The number of piperidine rings is 6. The van der Waals surface area contributed by atoms with Crippen molar-refractivity contribution < 1.29 is 19.1 Å². The van der Waals surface area contributed by atoms with Crippen LogP contribution in [0.1, 0.15) is 51.9 Å². The molecular weight excluding hydrogens is 332 g/mol. The molecule has 6 rings (SSSR count). The molecule has 0 N–H and O–H groups in total. The molecule has 146 valence electrons. The average molecular weight is 364 g/mol. The van der Waals surface area contributed by atoms with Gasteiger partial charge < -0.3 is 14.5 Å². The van der Waals surface area contributed by atoms with Crippen LogP contribution in [-0.2, 0) is 19.1 Å². The molecule has 6 nitrogen and oxygen atoms in total. The van der Waals surface area contributed by atoms with E-state index in [1.165, 1.54) is 7.11 Å². The predicted molar refractivity (Wildman–Crippen MR) is 97.8 cm³/mol. The molecular formula is C20H32N2O4. The van der Waals surface area contributed by atoms with Crippen LogP contribution in [0.15, 0.2) is 0 Å². The Labute approximate surface area is 156 Å². The topological polar surface area (TPSA) is 66.9 Å². The summed E-state index contributed by atoms with van der Waals surface area (Å²) in [7, 11) is 1.33. The summed E-state index contributed by atoms with van der Waals surface area (Å²) in [6.45, 7) is 8.24. The zero-order valence-corrected chi connectivity index (χ0v) is 16.2. The quantitative estimate of drug-likeness (QED) is 0.558. The Morgan fingerprint density at radius 2 is 1.15 bits per heavy atom. The van der Waals surface area contributed by atoms with Gasteiger partial charge in [-0.05, 0) is 84.7 Å². The fraction of sp³-hybridized carbons (Fsp3) is 0.850. The Hall–Kier alpha value is -1.27. The molecule has 0 spiro atoms. The highest BCUT2D eigenvalue weighted by Crippen LogP contribution is 2.42. The molecule has 0 aliphatic carbocycles. The third-order valence-electron chi connectivity index (χ3n) is 7.31. The van der Waals surface area contributed by atoms with Crippen molar-refractivity contribution in [2.45, 2.75) is 51.9 Å². The third-order valence-corrected chi connectivity index (χ3v) is 7.31. The van der Waals surface area contributed by atoms with Gasteiger partial charge in [-0.15, -0.1) is 0 Å². The first-order valence-electron chi connectivity index (χ1n) is 9.95. The van der Waals surface area contributed by atoms with Crippen LogP contribution >= 0.6 is 0 Å². The number of ether oxygens (including phenoxy) is 1. The van der Waals surface area contributed by atoms with Gasteiger partial charge in [0.25, 0.3) is 0 Å². The smallest absolute Gasteiger partial charge is 0.313 e. The molecule has 0 atom stereocenters. The van der Waals surface area contributed by atoms with Crippen LogP contribution in [-0.4, -0.2) is 73.7 Å². The number of carbonyl (C=O) groups is 3. The van der Waals surface area contributed by atoms with E-state index in [0.29, 0.717) is 5.78 Å². The van der Waals surface area contributed by atoms with Crippen LogP contribution in [0.2, 0.25) is 0 Å². The molecule has 0 aromatic rings. The molecule has 6 fully saturated rings. The Morgan fingerprint density at radius 1 is 0.769 bits per heavy atom. The van der Waals surface area contributed by atoms with Crippen molar-refractivity contribution >= 4 is 17.5 Å². The van der Waals surface area contributed by atoms with E-state index in [1.807, 2.05) is 0 Å². The lowest BCUT2D eigenvalue weighted by atomic mass is 9.68. The van der Waals surface area contributed by atoms with E-state index >= 15 is 0 Å². The van der Waals surface area contributed by atoms with E-state index in [0.717, 1.165) is 77.8 Å². The largest absolute Gasteiger partial charge is 0.469 e. The molecule has 6 heteroatoms. The number of Topliss-reactive ketones (excluding diaryl/α,β-unsaturated/α-hetero) is 2. The van der Waals surface area contributed by atoms with Gasteiger partial charge >= 0.3 is 5.97 Å². The summed E-state index contributed by atoms with van der Waals surface area (Å²) in [4.78, 5) is 39.3. The van der Waals surface area contributed by atoms with Crippen molar-refractivity contribution in [2.75, 3.05) is 46.4 Å². The number of fused-ring (bicyclic) bond motifs is 6. The highest BCUT2D eigenvalue weighted by molar-refractivity contribution is 5.99. The van der Waals surface area contributed by atoms with E-state index < -0.39 is 5.97 Å². The highest BCUT2D eigenvalue weighted by Gasteiger charge is 2.45. The van der Waals surface area contributed by atoms with Gasteiger partial charge in [-0.3, -0.25) is 14.4 Å². The lowest BCUT2D eigenvalue weighted by Crippen LogP contribution is -2.52. The second-order valence-corrected chi connectivity index (χ2v) is 8.48. The van der Waals surface area contributed by atoms with Crippen molar-refractivity contribution in [1.29, 1.82) is 0 Å². The molecule has 6 aliphatic rings. The van der Waals surface area contributed by atoms with Gasteiger partial charge in [0.15, 0.2) is 0 Å². The third kappa shape index (κ3) is 3.86. The molecule has 0 aromatic heterocycles. The van der Waals surface area contributed by atoms with Crippen LogP contribution in [0.4, 0.5) is 0 Å². The summed E-state index contributed by atoms with van der Waals surface area (Å²) in [5, 5.41) is 0. The number of nitrogens with zero attached hydrogens (tertiary/aromatic N) is 2.